The fourth-order valence-electron chi connectivity index (χ4n) is 1.94. The molecule has 2 rings (SSSR count). The number of carboxylic acids is 1. The number of aromatic nitrogens is 2. The van der Waals surface area contributed by atoms with Crippen LogP contribution in [0.2, 0.25) is 5.02 Å². The van der Waals surface area contributed by atoms with Crippen molar-refractivity contribution in [2.75, 3.05) is 0 Å². The number of nitrogens with zero attached hydrogens (tertiary/aromatic N) is 2. The minimum Gasteiger partial charge on any atom is -0.481 e. The zero-order chi connectivity index (χ0) is 12.4. The first-order chi connectivity index (χ1) is 8.13. The number of aliphatic carboxylic acids is 1. The molecular formula is C12H13ClN2O2. The Balaban J connectivity index is 2.49. The number of rotatable bonds is 4. The Morgan fingerprint density at radius 3 is 2.94 bits per heavy atom. The molecule has 0 spiro atoms. The highest BCUT2D eigenvalue weighted by Crippen LogP contribution is 2.25. The van der Waals surface area contributed by atoms with Gasteiger partial charge in [0.15, 0.2) is 0 Å². The van der Waals surface area contributed by atoms with Crippen LogP contribution >= 0.6 is 11.6 Å². The Bertz CT molecular complexity index is 563. The smallest absolute Gasteiger partial charge is 0.303 e. The van der Waals surface area contributed by atoms with E-state index in [1.54, 1.807) is 0 Å². The molecule has 1 heterocycles. The minimum atomic E-state index is -0.814. The number of imidazole rings is 1. The van der Waals surface area contributed by atoms with Crippen molar-refractivity contribution in [1.82, 2.24) is 9.55 Å². The van der Waals surface area contributed by atoms with E-state index in [-0.39, 0.29) is 6.42 Å². The Morgan fingerprint density at radius 2 is 2.29 bits per heavy atom. The van der Waals surface area contributed by atoms with Crippen LogP contribution in [0.15, 0.2) is 18.2 Å². The molecule has 1 N–H and O–H groups in total. The molecule has 0 atom stereocenters. The van der Waals surface area contributed by atoms with Crippen LogP contribution in [0, 0.1) is 0 Å². The number of benzene rings is 1. The van der Waals surface area contributed by atoms with Gasteiger partial charge in [-0.1, -0.05) is 17.7 Å². The van der Waals surface area contributed by atoms with Gasteiger partial charge < -0.3 is 9.67 Å². The fourth-order valence-corrected chi connectivity index (χ4v) is 2.21. The van der Waals surface area contributed by atoms with Crippen molar-refractivity contribution in [2.24, 2.45) is 0 Å². The third-order valence-electron chi connectivity index (χ3n) is 2.68. The summed E-state index contributed by atoms with van der Waals surface area (Å²) in [7, 11) is 0. The average Bonchev–Trinajstić information content (AvgIpc) is 2.65. The summed E-state index contributed by atoms with van der Waals surface area (Å²) in [6, 6.07) is 5.55. The van der Waals surface area contributed by atoms with E-state index in [2.05, 4.69) is 4.98 Å². The molecule has 1 aromatic heterocycles. The fraction of sp³-hybridized carbons (Fsp3) is 0.333. The van der Waals surface area contributed by atoms with Gasteiger partial charge in [0, 0.05) is 13.0 Å². The van der Waals surface area contributed by atoms with Gasteiger partial charge in [0.2, 0.25) is 0 Å². The molecule has 1 aromatic carbocycles. The summed E-state index contributed by atoms with van der Waals surface area (Å²) in [6.07, 6.45) is 0.509. The number of para-hydroxylation sites is 1. The van der Waals surface area contributed by atoms with Gasteiger partial charge in [-0.15, -0.1) is 0 Å². The average molecular weight is 253 g/mol. The van der Waals surface area contributed by atoms with Crippen LogP contribution in [0.4, 0.5) is 0 Å². The molecule has 0 aliphatic carbocycles. The molecule has 0 saturated heterocycles. The van der Waals surface area contributed by atoms with Crippen molar-refractivity contribution >= 4 is 28.6 Å². The second-order valence-corrected chi connectivity index (χ2v) is 4.18. The number of aryl methyl sites for hydroxylation is 2. The van der Waals surface area contributed by atoms with Crippen LogP contribution in [0.1, 0.15) is 19.2 Å². The second-order valence-electron chi connectivity index (χ2n) is 3.77. The number of hydrogen-bond acceptors (Lipinski definition) is 2. The van der Waals surface area contributed by atoms with Crippen molar-refractivity contribution in [2.45, 2.75) is 26.3 Å². The third-order valence-corrected chi connectivity index (χ3v) is 2.98. The summed E-state index contributed by atoms with van der Waals surface area (Å²) < 4.78 is 1.97. The number of hydrogen-bond donors (Lipinski definition) is 1. The maximum atomic E-state index is 10.6. The van der Waals surface area contributed by atoms with Crippen molar-refractivity contribution in [3.8, 4) is 0 Å². The van der Waals surface area contributed by atoms with Crippen molar-refractivity contribution in [3.63, 3.8) is 0 Å². The molecule has 0 fully saturated rings. The lowest BCUT2D eigenvalue weighted by Gasteiger charge is -2.05. The molecule has 4 nitrogen and oxygen atoms in total. The van der Waals surface area contributed by atoms with Gasteiger partial charge in [-0.05, 0) is 19.1 Å². The lowest BCUT2D eigenvalue weighted by atomic mass is 10.3. The van der Waals surface area contributed by atoms with Crippen LogP contribution < -0.4 is 0 Å². The Labute approximate surface area is 104 Å². The molecule has 0 unspecified atom stereocenters. The van der Waals surface area contributed by atoms with Crippen molar-refractivity contribution in [3.05, 3.63) is 29.0 Å². The van der Waals surface area contributed by atoms with Crippen molar-refractivity contribution in [1.29, 1.82) is 0 Å². The lowest BCUT2D eigenvalue weighted by Crippen LogP contribution is -2.05. The predicted molar refractivity (Wildman–Crippen MR) is 66.4 cm³/mol. The third kappa shape index (κ3) is 2.26. The highest BCUT2D eigenvalue weighted by Gasteiger charge is 2.12. The Kier molecular flexibility index (Phi) is 3.33. The van der Waals surface area contributed by atoms with E-state index >= 15 is 0 Å². The monoisotopic (exact) mass is 252 g/mol. The molecule has 0 saturated carbocycles. The van der Waals surface area contributed by atoms with Crippen LogP contribution in [0.5, 0.6) is 0 Å². The molecule has 90 valence electrons. The van der Waals surface area contributed by atoms with Gasteiger partial charge in [0.1, 0.15) is 5.82 Å². The summed E-state index contributed by atoms with van der Waals surface area (Å²) in [5, 5.41) is 9.36. The number of carboxylic acid groups (broad SMARTS) is 1. The second kappa shape index (κ2) is 4.75. The number of fused-ring (bicyclic) bond motifs is 1. The van der Waals surface area contributed by atoms with Gasteiger partial charge in [-0.3, -0.25) is 4.79 Å². The zero-order valence-electron chi connectivity index (χ0n) is 9.48. The van der Waals surface area contributed by atoms with Gasteiger partial charge in [-0.25, -0.2) is 4.98 Å². The largest absolute Gasteiger partial charge is 0.481 e. The summed E-state index contributed by atoms with van der Waals surface area (Å²) in [6.45, 7) is 2.73. The number of halogens is 1. The maximum absolute atomic E-state index is 10.6. The first-order valence-electron chi connectivity index (χ1n) is 5.49. The van der Waals surface area contributed by atoms with E-state index in [4.69, 9.17) is 16.7 Å². The molecule has 0 aliphatic heterocycles. The van der Waals surface area contributed by atoms with Gasteiger partial charge in [0.25, 0.3) is 0 Å². The van der Waals surface area contributed by atoms with Gasteiger partial charge in [0.05, 0.1) is 22.5 Å². The van der Waals surface area contributed by atoms with Crippen LogP contribution in [-0.4, -0.2) is 20.6 Å². The highest BCUT2D eigenvalue weighted by atomic mass is 35.5. The van der Waals surface area contributed by atoms with Crippen molar-refractivity contribution < 1.29 is 9.90 Å². The zero-order valence-corrected chi connectivity index (χ0v) is 10.2. The molecule has 17 heavy (non-hydrogen) atoms. The normalized spacial score (nSPS) is 10.9. The summed E-state index contributed by atoms with van der Waals surface area (Å²) >= 11 is 6.14. The standard InChI is InChI=1S/C12H13ClN2O2/c1-2-15-10(6-7-11(16)17)14-9-5-3-4-8(13)12(9)15/h3-5H,2,6-7H2,1H3,(H,16,17). The topological polar surface area (TPSA) is 55.1 Å². The molecule has 2 aromatic rings. The molecule has 0 radical (unpaired) electrons. The maximum Gasteiger partial charge on any atom is 0.303 e. The minimum absolute atomic E-state index is 0.0843. The summed E-state index contributed by atoms with van der Waals surface area (Å²) in [5.74, 6) is -0.0381. The lowest BCUT2D eigenvalue weighted by molar-refractivity contribution is -0.137. The molecule has 5 heteroatoms. The van der Waals surface area contributed by atoms with E-state index in [0.29, 0.717) is 11.4 Å². The molecule has 0 bridgehead atoms. The molecule has 0 aliphatic rings. The number of carbonyl (C=O) groups is 1. The van der Waals surface area contributed by atoms with E-state index in [9.17, 15) is 4.79 Å². The van der Waals surface area contributed by atoms with E-state index in [0.717, 1.165) is 23.4 Å². The summed E-state index contributed by atoms with van der Waals surface area (Å²) in [5.41, 5.74) is 1.71. The van der Waals surface area contributed by atoms with E-state index < -0.39 is 5.97 Å². The Hall–Kier alpha value is -1.55. The van der Waals surface area contributed by atoms with E-state index in [1.807, 2.05) is 29.7 Å². The van der Waals surface area contributed by atoms with Gasteiger partial charge >= 0.3 is 5.97 Å². The summed E-state index contributed by atoms with van der Waals surface area (Å²) in [4.78, 5) is 15.0. The van der Waals surface area contributed by atoms with Gasteiger partial charge in [-0.2, -0.15) is 0 Å². The predicted octanol–water partition coefficient (Wildman–Crippen LogP) is 2.73. The molecule has 0 amide bonds. The molecular weight excluding hydrogens is 240 g/mol. The van der Waals surface area contributed by atoms with Crippen LogP contribution in [-0.2, 0) is 17.8 Å². The quantitative estimate of drug-likeness (QED) is 0.910. The van der Waals surface area contributed by atoms with Crippen LogP contribution in [0.25, 0.3) is 11.0 Å². The van der Waals surface area contributed by atoms with E-state index in [1.165, 1.54) is 0 Å². The first kappa shape index (κ1) is 11.9. The SMILES string of the molecule is CCn1c(CCC(=O)O)nc2cccc(Cl)c21. The van der Waals surface area contributed by atoms with Crippen LogP contribution in [0.3, 0.4) is 0 Å². The highest BCUT2D eigenvalue weighted by molar-refractivity contribution is 6.35. The first-order valence-corrected chi connectivity index (χ1v) is 5.86. The Morgan fingerprint density at radius 1 is 1.53 bits per heavy atom.